The minimum Gasteiger partial charge on any atom is -0.352 e. The Morgan fingerprint density at radius 2 is 1.79 bits per heavy atom. The summed E-state index contributed by atoms with van der Waals surface area (Å²) in [5, 5.41) is 2.89. The molecule has 1 aliphatic carbocycles. The van der Waals surface area contributed by atoms with Crippen molar-refractivity contribution in [1.29, 1.82) is 0 Å². The lowest BCUT2D eigenvalue weighted by atomic mass is 9.95. The van der Waals surface area contributed by atoms with Crippen LogP contribution in [0.3, 0.4) is 0 Å². The Kier molecular flexibility index (Phi) is 1.63. The Hall–Kier alpha value is -1.31. The summed E-state index contributed by atoms with van der Waals surface area (Å²) in [5.41, 5.74) is 5.02. The molecular formula is C12H13NO. The fourth-order valence-corrected chi connectivity index (χ4v) is 2.50. The third-order valence-electron chi connectivity index (χ3n) is 3.24. The number of benzene rings is 1. The van der Waals surface area contributed by atoms with Gasteiger partial charge in [0.25, 0.3) is 5.91 Å². The van der Waals surface area contributed by atoms with E-state index in [2.05, 4.69) is 17.4 Å². The van der Waals surface area contributed by atoms with E-state index in [1.165, 1.54) is 29.5 Å². The zero-order chi connectivity index (χ0) is 9.54. The van der Waals surface area contributed by atoms with Crippen molar-refractivity contribution in [2.24, 2.45) is 0 Å². The fourth-order valence-electron chi connectivity index (χ4n) is 2.50. The summed E-state index contributed by atoms with van der Waals surface area (Å²) in [4.78, 5) is 11.6. The molecule has 0 saturated heterocycles. The van der Waals surface area contributed by atoms with E-state index in [0.29, 0.717) is 0 Å². The minimum absolute atomic E-state index is 0.112. The van der Waals surface area contributed by atoms with E-state index in [0.717, 1.165) is 24.9 Å². The van der Waals surface area contributed by atoms with Crippen LogP contribution >= 0.6 is 0 Å². The van der Waals surface area contributed by atoms with Gasteiger partial charge in [-0.05, 0) is 48.4 Å². The van der Waals surface area contributed by atoms with Gasteiger partial charge in [0, 0.05) is 12.1 Å². The van der Waals surface area contributed by atoms with Gasteiger partial charge in [-0.25, -0.2) is 0 Å². The molecule has 0 saturated carbocycles. The molecule has 0 aromatic heterocycles. The number of carbonyl (C=O) groups excluding carboxylic acids is 1. The Labute approximate surface area is 83.3 Å². The summed E-state index contributed by atoms with van der Waals surface area (Å²) in [6.45, 7) is 0.796. The number of amides is 1. The first-order valence-corrected chi connectivity index (χ1v) is 5.27. The third-order valence-corrected chi connectivity index (χ3v) is 3.24. The second-order valence-corrected chi connectivity index (χ2v) is 4.14. The summed E-state index contributed by atoms with van der Waals surface area (Å²) in [6, 6.07) is 4.35. The Morgan fingerprint density at radius 3 is 2.64 bits per heavy atom. The zero-order valence-corrected chi connectivity index (χ0v) is 8.10. The maximum atomic E-state index is 11.6. The Bertz CT molecular complexity index is 409. The summed E-state index contributed by atoms with van der Waals surface area (Å²) >= 11 is 0. The van der Waals surface area contributed by atoms with E-state index in [1.807, 2.05) is 0 Å². The lowest BCUT2D eigenvalue weighted by Gasteiger charge is -2.17. The van der Waals surface area contributed by atoms with Crippen molar-refractivity contribution in [3.63, 3.8) is 0 Å². The van der Waals surface area contributed by atoms with Crippen LogP contribution in [0.4, 0.5) is 0 Å². The van der Waals surface area contributed by atoms with Crippen molar-refractivity contribution < 1.29 is 4.79 Å². The molecule has 2 heteroatoms. The maximum Gasteiger partial charge on any atom is 0.251 e. The van der Waals surface area contributed by atoms with Crippen LogP contribution in [0.2, 0.25) is 0 Å². The van der Waals surface area contributed by atoms with E-state index in [4.69, 9.17) is 0 Å². The number of fused-ring (bicyclic) bond motifs is 2. The monoisotopic (exact) mass is 187 g/mol. The van der Waals surface area contributed by atoms with Crippen molar-refractivity contribution in [3.05, 3.63) is 34.4 Å². The van der Waals surface area contributed by atoms with Gasteiger partial charge < -0.3 is 5.32 Å². The molecule has 1 aliphatic heterocycles. The first kappa shape index (κ1) is 8.04. The second-order valence-electron chi connectivity index (χ2n) is 4.14. The standard InChI is InChI=1S/C12H13NO/c14-12-11-7-9-3-1-2-8(9)6-10(11)4-5-13-12/h6-7H,1-5H2,(H,13,14). The van der Waals surface area contributed by atoms with Crippen molar-refractivity contribution in [1.82, 2.24) is 5.32 Å². The van der Waals surface area contributed by atoms with Gasteiger partial charge in [-0.15, -0.1) is 0 Å². The first-order chi connectivity index (χ1) is 6.84. The highest BCUT2D eigenvalue weighted by molar-refractivity contribution is 5.97. The highest BCUT2D eigenvalue weighted by Gasteiger charge is 2.20. The highest BCUT2D eigenvalue weighted by Crippen LogP contribution is 2.26. The minimum atomic E-state index is 0.112. The van der Waals surface area contributed by atoms with Crippen LogP contribution in [-0.2, 0) is 19.3 Å². The van der Waals surface area contributed by atoms with Gasteiger partial charge in [-0.2, -0.15) is 0 Å². The predicted octanol–water partition coefficient (Wildman–Crippen LogP) is 1.46. The van der Waals surface area contributed by atoms with Crippen molar-refractivity contribution >= 4 is 5.91 Å². The molecule has 2 nitrogen and oxygen atoms in total. The second kappa shape index (κ2) is 2.84. The molecule has 14 heavy (non-hydrogen) atoms. The molecule has 0 fully saturated rings. The van der Waals surface area contributed by atoms with Gasteiger partial charge in [0.05, 0.1) is 0 Å². The molecule has 0 radical (unpaired) electrons. The van der Waals surface area contributed by atoms with Gasteiger partial charge in [-0.1, -0.05) is 6.07 Å². The predicted molar refractivity (Wildman–Crippen MR) is 54.5 cm³/mol. The molecule has 1 N–H and O–H groups in total. The van der Waals surface area contributed by atoms with Crippen LogP contribution in [-0.4, -0.2) is 12.5 Å². The van der Waals surface area contributed by atoms with E-state index in [9.17, 15) is 4.79 Å². The van der Waals surface area contributed by atoms with Crippen LogP contribution in [0, 0.1) is 0 Å². The van der Waals surface area contributed by atoms with Crippen LogP contribution in [0.15, 0.2) is 12.1 Å². The van der Waals surface area contributed by atoms with E-state index >= 15 is 0 Å². The molecule has 0 spiro atoms. The molecule has 1 aromatic carbocycles. The quantitative estimate of drug-likeness (QED) is 0.654. The Balaban J connectivity index is 2.17. The molecule has 72 valence electrons. The van der Waals surface area contributed by atoms with Gasteiger partial charge >= 0.3 is 0 Å². The molecule has 0 bridgehead atoms. The normalized spacial score (nSPS) is 18.7. The molecule has 1 amide bonds. The smallest absolute Gasteiger partial charge is 0.251 e. The van der Waals surface area contributed by atoms with Crippen molar-refractivity contribution in [2.45, 2.75) is 25.7 Å². The molecule has 2 aliphatic rings. The van der Waals surface area contributed by atoms with Crippen LogP contribution in [0.25, 0.3) is 0 Å². The molecule has 1 heterocycles. The van der Waals surface area contributed by atoms with Crippen molar-refractivity contribution in [3.8, 4) is 0 Å². The topological polar surface area (TPSA) is 29.1 Å². The van der Waals surface area contributed by atoms with E-state index < -0.39 is 0 Å². The number of rotatable bonds is 0. The Morgan fingerprint density at radius 1 is 1.00 bits per heavy atom. The summed E-state index contributed by atoms with van der Waals surface area (Å²) < 4.78 is 0. The van der Waals surface area contributed by atoms with Gasteiger partial charge in [0.15, 0.2) is 0 Å². The highest BCUT2D eigenvalue weighted by atomic mass is 16.1. The van der Waals surface area contributed by atoms with Crippen molar-refractivity contribution in [2.75, 3.05) is 6.54 Å². The number of hydrogen-bond acceptors (Lipinski definition) is 1. The van der Waals surface area contributed by atoms with Crippen LogP contribution in [0.5, 0.6) is 0 Å². The number of aryl methyl sites for hydroxylation is 2. The number of carbonyl (C=O) groups is 1. The average Bonchev–Trinajstić information content (AvgIpc) is 2.62. The van der Waals surface area contributed by atoms with Crippen LogP contribution < -0.4 is 5.32 Å². The van der Waals surface area contributed by atoms with E-state index in [1.54, 1.807) is 0 Å². The number of nitrogens with one attached hydrogen (secondary N) is 1. The lowest BCUT2D eigenvalue weighted by Crippen LogP contribution is -2.31. The first-order valence-electron chi connectivity index (χ1n) is 5.27. The average molecular weight is 187 g/mol. The third kappa shape index (κ3) is 1.07. The lowest BCUT2D eigenvalue weighted by molar-refractivity contribution is 0.0946. The van der Waals surface area contributed by atoms with Crippen LogP contribution in [0.1, 0.15) is 33.5 Å². The van der Waals surface area contributed by atoms with Gasteiger partial charge in [0.1, 0.15) is 0 Å². The largest absolute Gasteiger partial charge is 0.352 e. The van der Waals surface area contributed by atoms with Gasteiger partial charge in [0.2, 0.25) is 0 Å². The van der Waals surface area contributed by atoms with E-state index in [-0.39, 0.29) is 5.91 Å². The molecular weight excluding hydrogens is 174 g/mol. The molecule has 0 atom stereocenters. The molecule has 1 aromatic rings. The molecule has 3 rings (SSSR count). The maximum absolute atomic E-state index is 11.6. The summed E-state index contributed by atoms with van der Waals surface area (Å²) in [7, 11) is 0. The fraction of sp³-hybridized carbons (Fsp3) is 0.417. The number of hydrogen-bond donors (Lipinski definition) is 1. The van der Waals surface area contributed by atoms with Gasteiger partial charge in [-0.3, -0.25) is 4.79 Å². The zero-order valence-electron chi connectivity index (χ0n) is 8.10. The summed E-state index contributed by atoms with van der Waals surface area (Å²) in [6.07, 6.45) is 4.59. The SMILES string of the molecule is O=C1NCCc2cc3c(cc21)CCC3. The molecule has 0 unspecified atom stereocenters. The summed E-state index contributed by atoms with van der Waals surface area (Å²) in [5.74, 6) is 0.112.